The molecule has 3 aromatic rings. The van der Waals surface area contributed by atoms with E-state index in [2.05, 4.69) is 5.10 Å². The second-order valence-corrected chi connectivity index (χ2v) is 9.69. The fourth-order valence-corrected chi connectivity index (χ4v) is 5.83. The maximum atomic E-state index is 13.3. The monoisotopic (exact) mass is 440 g/mol. The van der Waals surface area contributed by atoms with Crippen LogP contribution in [0.2, 0.25) is 0 Å². The van der Waals surface area contributed by atoms with Gasteiger partial charge in [0.25, 0.3) is 0 Å². The summed E-state index contributed by atoms with van der Waals surface area (Å²) in [5.74, 6) is 0.859. The standard InChI is InChI=1S/C23H28N4O3S/c1-4-27-17(2)23(15-24-27)31(28,29)26-14-6-7-19(16-26)22-9-5-8-21(25-22)18-10-12-20(30-3)13-11-18/h5,8-13,15,19H,4,6-7,14,16H2,1-3H3. The quantitative estimate of drug-likeness (QED) is 0.582. The molecule has 164 valence electrons. The van der Waals surface area contributed by atoms with E-state index < -0.39 is 10.0 Å². The summed E-state index contributed by atoms with van der Waals surface area (Å²) in [6, 6.07) is 13.8. The lowest BCUT2D eigenvalue weighted by molar-refractivity contribution is 0.312. The SMILES string of the molecule is CCn1ncc(S(=O)(=O)N2CCCC(c3cccc(-c4ccc(OC)cc4)n3)C2)c1C. The summed E-state index contributed by atoms with van der Waals surface area (Å²) >= 11 is 0. The van der Waals surface area contributed by atoms with Gasteiger partial charge in [0, 0.05) is 36.8 Å². The van der Waals surface area contributed by atoms with Gasteiger partial charge < -0.3 is 4.74 Å². The van der Waals surface area contributed by atoms with Gasteiger partial charge in [0.2, 0.25) is 10.0 Å². The first-order valence-electron chi connectivity index (χ1n) is 10.6. The number of pyridine rings is 1. The number of methoxy groups -OCH3 is 1. The lowest BCUT2D eigenvalue weighted by Gasteiger charge is -2.31. The molecule has 1 fully saturated rings. The zero-order chi connectivity index (χ0) is 22.0. The molecule has 0 aliphatic carbocycles. The molecule has 8 heteroatoms. The van der Waals surface area contributed by atoms with Gasteiger partial charge in [-0.25, -0.2) is 8.42 Å². The Hall–Kier alpha value is -2.71. The Kier molecular flexibility index (Phi) is 6.11. The Balaban J connectivity index is 1.58. The highest BCUT2D eigenvalue weighted by Crippen LogP contribution is 2.31. The van der Waals surface area contributed by atoms with Crippen LogP contribution in [0.5, 0.6) is 5.75 Å². The van der Waals surface area contributed by atoms with E-state index in [1.54, 1.807) is 16.1 Å². The molecule has 0 N–H and O–H groups in total. The molecule has 1 unspecified atom stereocenters. The average molecular weight is 441 g/mol. The topological polar surface area (TPSA) is 77.3 Å². The number of hydrogen-bond acceptors (Lipinski definition) is 5. The van der Waals surface area contributed by atoms with Gasteiger partial charge >= 0.3 is 0 Å². The molecule has 0 spiro atoms. The minimum Gasteiger partial charge on any atom is -0.497 e. The summed E-state index contributed by atoms with van der Waals surface area (Å²) < 4.78 is 35.1. The molecule has 31 heavy (non-hydrogen) atoms. The van der Waals surface area contributed by atoms with Crippen molar-refractivity contribution in [2.45, 2.75) is 44.0 Å². The predicted octanol–water partition coefficient (Wildman–Crippen LogP) is 3.85. The van der Waals surface area contributed by atoms with E-state index in [1.807, 2.05) is 56.3 Å². The van der Waals surface area contributed by atoms with Gasteiger partial charge in [-0.3, -0.25) is 9.67 Å². The molecule has 1 aliphatic rings. The highest BCUT2D eigenvalue weighted by Gasteiger charge is 2.33. The van der Waals surface area contributed by atoms with E-state index in [9.17, 15) is 8.42 Å². The van der Waals surface area contributed by atoms with Crippen LogP contribution >= 0.6 is 0 Å². The maximum Gasteiger partial charge on any atom is 0.246 e. The first-order chi connectivity index (χ1) is 14.9. The van der Waals surface area contributed by atoms with E-state index in [4.69, 9.17) is 9.72 Å². The largest absolute Gasteiger partial charge is 0.497 e. The lowest BCUT2D eigenvalue weighted by Crippen LogP contribution is -2.39. The predicted molar refractivity (Wildman–Crippen MR) is 120 cm³/mol. The molecule has 1 atom stereocenters. The van der Waals surface area contributed by atoms with Gasteiger partial charge in [0.05, 0.1) is 24.7 Å². The molecule has 1 aromatic carbocycles. The fourth-order valence-electron chi connectivity index (χ4n) is 4.14. The van der Waals surface area contributed by atoms with Crippen LogP contribution in [0.4, 0.5) is 0 Å². The number of ether oxygens (including phenoxy) is 1. The van der Waals surface area contributed by atoms with Gasteiger partial charge in [0.1, 0.15) is 10.6 Å². The van der Waals surface area contributed by atoms with Crippen LogP contribution in [0.1, 0.15) is 37.1 Å². The Bertz CT molecular complexity index is 1160. The normalized spacial score (nSPS) is 17.6. The third-order valence-electron chi connectivity index (χ3n) is 5.93. The highest BCUT2D eigenvalue weighted by molar-refractivity contribution is 7.89. The van der Waals surface area contributed by atoms with E-state index in [0.717, 1.165) is 35.5 Å². The van der Waals surface area contributed by atoms with Crippen molar-refractivity contribution in [3.05, 3.63) is 60.0 Å². The maximum absolute atomic E-state index is 13.3. The first kappa shape index (κ1) is 21.5. The van der Waals surface area contributed by atoms with Crippen molar-refractivity contribution >= 4 is 10.0 Å². The summed E-state index contributed by atoms with van der Waals surface area (Å²) in [4.78, 5) is 5.17. The Morgan fingerprint density at radius 3 is 2.61 bits per heavy atom. The van der Waals surface area contributed by atoms with Crippen LogP contribution in [-0.2, 0) is 16.6 Å². The number of aryl methyl sites for hydroxylation is 1. The molecule has 4 rings (SSSR count). The first-order valence-corrected chi connectivity index (χ1v) is 12.0. The van der Waals surface area contributed by atoms with Gasteiger partial charge in [-0.1, -0.05) is 6.07 Å². The summed E-state index contributed by atoms with van der Waals surface area (Å²) in [5, 5.41) is 4.22. The Labute approximate surface area is 183 Å². The zero-order valence-electron chi connectivity index (χ0n) is 18.2. The molecule has 0 amide bonds. The van der Waals surface area contributed by atoms with Crippen molar-refractivity contribution in [2.24, 2.45) is 0 Å². The van der Waals surface area contributed by atoms with Crippen molar-refractivity contribution in [3.8, 4) is 17.0 Å². The van der Waals surface area contributed by atoms with Crippen LogP contribution in [0.25, 0.3) is 11.3 Å². The number of benzene rings is 1. The average Bonchev–Trinajstić information content (AvgIpc) is 3.20. The summed E-state index contributed by atoms with van der Waals surface area (Å²) in [5.41, 5.74) is 3.49. The number of nitrogens with zero attached hydrogens (tertiary/aromatic N) is 4. The fraction of sp³-hybridized carbons (Fsp3) is 0.391. The second-order valence-electron chi connectivity index (χ2n) is 7.79. The summed E-state index contributed by atoms with van der Waals surface area (Å²) in [7, 11) is -1.94. The second kappa shape index (κ2) is 8.80. The molecule has 0 radical (unpaired) electrons. The van der Waals surface area contributed by atoms with Gasteiger partial charge in [-0.05, 0) is 63.1 Å². The number of sulfonamides is 1. The summed E-state index contributed by atoms with van der Waals surface area (Å²) in [6.45, 7) is 5.36. The van der Waals surface area contributed by atoms with E-state index in [-0.39, 0.29) is 5.92 Å². The minimum absolute atomic E-state index is 0.0586. The third-order valence-corrected chi connectivity index (χ3v) is 7.90. The van der Waals surface area contributed by atoms with Crippen molar-refractivity contribution in [1.82, 2.24) is 19.1 Å². The summed E-state index contributed by atoms with van der Waals surface area (Å²) in [6.07, 6.45) is 3.19. The number of hydrogen-bond donors (Lipinski definition) is 0. The molecule has 1 saturated heterocycles. The van der Waals surface area contributed by atoms with Crippen LogP contribution in [-0.4, -0.2) is 47.7 Å². The molecule has 1 aliphatic heterocycles. The van der Waals surface area contributed by atoms with E-state index in [1.165, 1.54) is 6.20 Å². The molecular weight excluding hydrogens is 412 g/mol. The smallest absolute Gasteiger partial charge is 0.246 e. The van der Waals surface area contributed by atoms with Crippen LogP contribution < -0.4 is 4.74 Å². The third kappa shape index (κ3) is 4.22. The van der Waals surface area contributed by atoms with E-state index >= 15 is 0 Å². The van der Waals surface area contributed by atoms with Crippen LogP contribution in [0.3, 0.4) is 0 Å². The molecule has 3 heterocycles. The molecule has 0 saturated carbocycles. The minimum atomic E-state index is -3.58. The molecule has 7 nitrogen and oxygen atoms in total. The molecule has 0 bridgehead atoms. The van der Waals surface area contributed by atoms with Crippen molar-refractivity contribution in [1.29, 1.82) is 0 Å². The number of rotatable bonds is 6. The van der Waals surface area contributed by atoms with Gasteiger partial charge in [-0.2, -0.15) is 9.40 Å². The van der Waals surface area contributed by atoms with Gasteiger partial charge in [-0.15, -0.1) is 0 Å². The van der Waals surface area contributed by atoms with Crippen LogP contribution in [0, 0.1) is 6.92 Å². The van der Waals surface area contributed by atoms with Crippen molar-refractivity contribution < 1.29 is 13.2 Å². The van der Waals surface area contributed by atoms with Crippen molar-refractivity contribution in [2.75, 3.05) is 20.2 Å². The zero-order valence-corrected chi connectivity index (χ0v) is 19.0. The highest BCUT2D eigenvalue weighted by atomic mass is 32.2. The lowest BCUT2D eigenvalue weighted by atomic mass is 9.95. The molecular formula is C23H28N4O3S. The molecule has 2 aromatic heterocycles. The van der Waals surface area contributed by atoms with E-state index in [0.29, 0.717) is 30.2 Å². The Morgan fingerprint density at radius 1 is 1.16 bits per heavy atom. The van der Waals surface area contributed by atoms with Crippen molar-refractivity contribution in [3.63, 3.8) is 0 Å². The number of piperidine rings is 1. The number of aromatic nitrogens is 3. The van der Waals surface area contributed by atoms with Gasteiger partial charge in [0.15, 0.2) is 0 Å². The van der Waals surface area contributed by atoms with Crippen LogP contribution in [0.15, 0.2) is 53.6 Å². The Morgan fingerprint density at radius 2 is 1.94 bits per heavy atom.